The van der Waals surface area contributed by atoms with Gasteiger partial charge in [0.15, 0.2) is 0 Å². The van der Waals surface area contributed by atoms with Crippen molar-refractivity contribution in [3.05, 3.63) is 18.0 Å². The maximum Gasteiger partial charge on any atom is 0.0914 e. The predicted molar refractivity (Wildman–Crippen MR) is 81.5 cm³/mol. The highest BCUT2D eigenvalue weighted by Gasteiger charge is 2.25. The topological polar surface area (TPSA) is 53.1 Å². The fourth-order valence-corrected chi connectivity index (χ4v) is 3.03. The number of nitrogens with two attached hydrogens (primary N) is 1. The number of aromatic nitrogens is 2. The minimum Gasteiger partial charge on any atom is -0.367 e. The fourth-order valence-electron chi connectivity index (χ4n) is 3.03. The molecule has 0 atom stereocenters. The summed E-state index contributed by atoms with van der Waals surface area (Å²) in [6.45, 7) is 5.41. The van der Waals surface area contributed by atoms with E-state index in [-0.39, 0.29) is 5.60 Å². The van der Waals surface area contributed by atoms with E-state index in [4.69, 9.17) is 15.6 Å². The van der Waals surface area contributed by atoms with Crippen molar-refractivity contribution in [1.82, 2.24) is 9.78 Å². The smallest absolute Gasteiger partial charge is 0.0914 e. The van der Waals surface area contributed by atoms with Crippen LogP contribution in [0.25, 0.3) is 0 Å². The van der Waals surface area contributed by atoms with E-state index in [1.807, 2.05) is 0 Å². The third kappa shape index (κ3) is 3.61. The predicted octanol–water partition coefficient (Wildman–Crippen LogP) is 3.42. The SMILES string of the molecule is CCC(CC)(CN)OCc1ccn(C2CCCCC2)n1. The summed E-state index contributed by atoms with van der Waals surface area (Å²) in [6, 6.07) is 2.68. The van der Waals surface area contributed by atoms with Gasteiger partial charge in [0, 0.05) is 12.7 Å². The zero-order valence-corrected chi connectivity index (χ0v) is 13.0. The summed E-state index contributed by atoms with van der Waals surface area (Å²) in [5.74, 6) is 0. The molecular weight excluding hydrogens is 250 g/mol. The maximum atomic E-state index is 6.06. The van der Waals surface area contributed by atoms with Gasteiger partial charge in [0.1, 0.15) is 0 Å². The quantitative estimate of drug-likeness (QED) is 0.832. The molecule has 114 valence electrons. The second-order valence-electron chi connectivity index (χ2n) is 5.96. The summed E-state index contributed by atoms with van der Waals surface area (Å²) in [5, 5.41) is 4.69. The van der Waals surface area contributed by atoms with Crippen LogP contribution >= 0.6 is 0 Å². The Labute approximate surface area is 122 Å². The van der Waals surface area contributed by atoms with Gasteiger partial charge < -0.3 is 10.5 Å². The second-order valence-corrected chi connectivity index (χ2v) is 5.96. The molecule has 0 radical (unpaired) electrons. The van der Waals surface area contributed by atoms with Gasteiger partial charge in [0.05, 0.1) is 23.9 Å². The Morgan fingerprint density at radius 1 is 1.30 bits per heavy atom. The average molecular weight is 279 g/mol. The molecule has 1 heterocycles. The molecule has 2 N–H and O–H groups in total. The van der Waals surface area contributed by atoms with Crippen LogP contribution in [0.3, 0.4) is 0 Å². The lowest BCUT2D eigenvalue weighted by molar-refractivity contribution is -0.0567. The molecule has 1 aromatic rings. The molecule has 4 heteroatoms. The van der Waals surface area contributed by atoms with E-state index < -0.39 is 0 Å². The Morgan fingerprint density at radius 2 is 2.00 bits per heavy atom. The Balaban J connectivity index is 1.92. The van der Waals surface area contributed by atoms with Gasteiger partial charge in [0.25, 0.3) is 0 Å². The first-order valence-corrected chi connectivity index (χ1v) is 8.11. The molecule has 0 spiro atoms. The summed E-state index contributed by atoms with van der Waals surface area (Å²) in [5.41, 5.74) is 6.70. The molecule has 0 aromatic carbocycles. The van der Waals surface area contributed by atoms with Gasteiger partial charge in [-0.3, -0.25) is 4.68 Å². The van der Waals surface area contributed by atoms with Gasteiger partial charge in [-0.05, 0) is 31.7 Å². The van der Waals surface area contributed by atoms with E-state index in [1.165, 1.54) is 32.1 Å². The van der Waals surface area contributed by atoms with E-state index in [0.29, 0.717) is 19.2 Å². The van der Waals surface area contributed by atoms with Crippen LogP contribution in [0.15, 0.2) is 12.3 Å². The molecule has 1 aliphatic rings. The second kappa shape index (κ2) is 7.23. The van der Waals surface area contributed by atoms with Crippen LogP contribution in [0.4, 0.5) is 0 Å². The van der Waals surface area contributed by atoms with Gasteiger partial charge in [-0.25, -0.2) is 0 Å². The lowest BCUT2D eigenvalue weighted by Gasteiger charge is -2.30. The summed E-state index contributed by atoms with van der Waals surface area (Å²) < 4.78 is 8.20. The highest BCUT2D eigenvalue weighted by atomic mass is 16.5. The van der Waals surface area contributed by atoms with Crippen molar-refractivity contribution >= 4 is 0 Å². The lowest BCUT2D eigenvalue weighted by atomic mass is 9.96. The van der Waals surface area contributed by atoms with E-state index >= 15 is 0 Å². The van der Waals surface area contributed by atoms with Crippen LogP contribution in [0.2, 0.25) is 0 Å². The highest BCUT2D eigenvalue weighted by Crippen LogP contribution is 2.27. The number of hydrogen-bond donors (Lipinski definition) is 1. The Hall–Kier alpha value is -0.870. The van der Waals surface area contributed by atoms with E-state index in [9.17, 15) is 0 Å². The Kier molecular flexibility index (Phi) is 5.61. The molecule has 0 saturated heterocycles. The molecule has 0 bridgehead atoms. The normalized spacial score (nSPS) is 17.6. The average Bonchev–Trinajstić information content (AvgIpc) is 2.99. The maximum absolute atomic E-state index is 6.06. The van der Waals surface area contributed by atoms with Gasteiger partial charge in [-0.1, -0.05) is 33.1 Å². The summed E-state index contributed by atoms with van der Waals surface area (Å²) in [4.78, 5) is 0. The molecule has 1 aromatic heterocycles. The Bertz CT molecular complexity index is 384. The standard InChI is InChI=1S/C16H29N3O/c1-3-16(4-2,13-17)20-12-14-10-11-19(18-14)15-8-6-5-7-9-15/h10-11,15H,3-9,12-13,17H2,1-2H3. The van der Waals surface area contributed by atoms with Gasteiger partial charge in [0.2, 0.25) is 0 Å². The van der Waals surface area contributed by atoms with E-state index in [0.717, 1.165) is 18.5 Å². The zero-order chi connectivity index (χ0) is 14.4. The van der Waals surface area contributed by atoms with Gasteiger partial charge in [-0.2, -0.15) is 5.10 Å². The first kappa shape index (κ1) is 15.5. The third-order valence-corrected chi connectivity index (χ3v) is 4.80. The molecular formula is C16H29N3O. The molecule has 1 aliphatic carbocycles. The molecule has 1 fully saturated rings. The van der Waals surface area contributed by atoms with Crippen molar-refractivity contribution in [3.8, 4) is 0 Å². The number of hydrogen-bond acceptors (Lipinski definition) is 3. The summed E-state index contributed by atoms with van der Waals surface area (Å²) in [6.07, 6.45) is 10.6. The summed E-state index contributed by atoms with van der Waals surface area (Å²) >= 11 is 0. The molecule has 0 aliphatic heterocycles. The highest BCUT2D eigenvalue weighted by molar-refractivity contribution is 4.99. The molecule has 2 rings (SSSR count). The molecule has 20 heavy (non-hydrogen) atoms. The van der Waals surface area contributed by atoms with Crippen LogP contribution in [-0.4, -0.2) is 21.9 Å². The van der Waals surface area contributed by atoms with Crippen molar-refractivity contribution in [1.29, 1.82) is 0 Å². The third-order valence-electron chi connectivity index (χ3n) is 4.80. The summed E-state index contributed by atoms with van der Waals surface area (Å²) in [7, 11) is 0. The van der Waals surface area contributed by atoms with Crippen LogP contribution in [0.5, 0.6) is 0 Å². The van der Waals surface area contributed by atoms with Gasteiger partial charge >= 0.3 is 0 Å². The van der Waals surface area contributed by atoms with Crippen molar-refractivity contribution in [2.75, 3.05) is 6.54 Å². The van der Waals surface area contributed by atoms with Gasteiger partial charge in [-0.15, -0.1) is 0 Å². The molecule has 1 saturated carbocycles. The minimum atomic E-state index is -0.186. The van der Waals surface area contributed by atoms with Crippen LogP contribution in [-0.2, 0) is 11.3 Å². The van der Waals surface area contributed by atoms with Crippen molar-refractivity contribution in [2.24, 2.45) is 5.73 Å². The monoisotopic (exact) mass is 279 g/mol. The number of ether oxygens (including phenoxy) is 1. The molecule has 0 unspecified atom stereocenters. The fraction of sp³-hybridized carbons (Fsp3) is 0.812. The first-order valence-electron chi connectivity index (χ1n) is 8.11. The van der Waals surface area contributed by atoms with Crippen molar-refractivity contribution < 1.29 is 4.74 Å². The van der Waals surface area contributed by atoms with E-state index in [2.05, 4.69) is 30.8 Å². The van der Waals surface area contributed by atoms with Crippen LogP contribution in [0.1, 0.15) is 70.5 Å². The van der Waals surface area contributed by atoms with Crippen LogP contribution < -0.4 is 5.73 Å². The lowest BCUT2D eigenvalue weighted by Crippen LogP contribution is -2.39. The molecule has 0 amide bonds. The number of rotatable bonds is 7. The number of nitrogens with zero attached hydrogens (tertiary/aromatic N) is 2. The largest absolute Gasteiger partial charge is 0.367 e. The van der Waals surface area contributed by atoms with E-state index in [1.54, 1.807) is 0 Å². The Morgan fingerprint density at radius 3 is 2.60 bits per heavy atom. The van der Waals surface area contributed by atoms with Crippen LogP contribution in [0, 0.1) is 0 Å². The van der Waals surface area contributed by atoms with Crippen molar-refractivity contribution in [2.45, 2.75) is 77.0 Å². The van der Waals surface area contributed by atoms with Crippen molar-refractivity contribution in [3.63, 3.8) is 0 Å². The minimum absolute atomic E-state index is 0.186. The molecule has 4 nitrogen and oxygen atoms in total. The first-order chi connectivity index (χ1) is 9.73. The zero-order valence-electron chi connectivity index (χ0n) is 13.0.